The lowest BCUT2D eigenvalue weighted by Gasteiger charge is -2.27. The molecule has 3 aromatic rings. The molecule has 4 rings (SSSR count). The van der Waals surface area contributed by atoms with Gasteiger partial charge in [0.05, 0.1) is 10.6 Å². The summed E-state index contributed by atoms with van der Waals surface area (Å²) in [5, 5.41) is 1.90. The number of hydrogen-bond donors (Lipinski definition) is 1. The van der Waals surface area contributed by atoms with Crippen LogP contribution in [-0.2, 0) is 19.5 Å². The fourth-order valence-corrected chi connectivity index (χ4v) is 3.75. The second-order valence-electron chi connectivity index (χ2n) is 6.14. The molecule has 0 fully saturated rings. The number of benzene rings is 1. The molecule has 3 heterocycles. The molecular formula is C18H14F3N3OS. The van der Waals surface area contributed by atoms with Crippen molar-refractivity contribution in [1.29, 1.82) is 0 Å². The minimum Gasteiger partial charge on any atom is -0.306 e. The summed E-state index contributed by atoms with van der Waals surface area (Å²) in [7, 11) is 0. The minimum absolute atomic E-state index is 0.0793. The summed E-state index contributed by atoms with van der Waals surface area (Å²) in [5.41, 5.74) is 1.16. The molecule has 0 saturated heterocycles. The van der Waals surface area contributed by atoms with E-state index >= 15 is 0 Å². The fourth-order valence-electron chi connectivity index (χ4n) is 3.08. The summed E-state index contributed by atoms with van der Waals surface area (Å²) in [6, 6.07) is 5.17. The molecule has 0 radical (unpaired) electrons. The van der Waals surface area contributed by atoms with Crippen molar-refractivity contribution in [3.8, 4) is 10.7 Å². The second kappa shape index (κ2) is 6.69. The van der Waals surface area contributed by atoms with Crippen LogP contribution >= 0.6 is 11.3 Å². The Bertz CT molecular complexity index is 1020. The molecule has 1 aliphatic rings. The molecule has 0 amide bonds. The highest BCUT2D eigenvalue weighted by molar-refractivity contribution is 7.13. The Labute approximate surface area is 150 Å². The Kier molecular flexibility index (Phi) is 4.37. The average molecular weight is 377 g/mol. The van der Waals surface area contributed by atoms with Gasteiger partial charge in [0.2, 0.25) is 0 Å². The molecule has 0 unspecified atom stereocenters. The molecule has 0 saturated carbocycles. The Balaban J connectivity index is 1.61. The standard InChI is InChI=1S/C18H14F3N3OS/c19-12-7-14(21)13(20)6-10(12)8-24-4-3-11-15(9-24)22-17(23-18(11)25)16-2-1-5-26-16/h1-2,5-7H,3-4,8-9H2,(H,22,23,25). The van der Waals surface area contributed by atoms with Gasteiger partial charge in [0, 0.05) is 36.8 Å². The first-order valence-electron chi connectivity index (χ1n) is 8.03. The van der Waals surface area contributed by atoms with Crippen LogP contribution in [0.4, 0.5) is 13.2 Å². The maximum atomic E-state index is 13.9. The van der Waals surface area contributed by atoms with E-state index in [0.29, 0.717) is 42.7 Å². The summed E-state index contributed by atoms with van der Waals surface area (Å²) in [6.07, 6.45) is 0.466. The summed E-state index contributed by atoms with van der Waals surface area (Å²) < 4.78 is 40.4. The lowest BCUT2D eigenvalue weighted by molar-refractivity contribution is 0.236. The number of rotatable bonds is 3. The maximum Gasteiger partial charge on any atom is 0.254 e. The van der Waals surface area contributed by atoms with Gasteiger partial charge in [-0.05, 0) is 23.9 Å². The SMILES string of the molecule is O=c1[nH]c(-c2cccs2)nc2c1CCN(Cc1cc(F)c(F)cc1F)C2. The zero-order valence-electron chi connectivity index (χ0n) is 13.6. The van der Waals surface area contributed by atoms with Gasteiger partial charge in [0.15, 0.2) is 17.5 Å². The lowest BCUT2D eigenvalue weighted by Crippen LogP contribution is -2.35. The highest BCUT2D eigenvalue weighted by atomic mass is 32.1. The van der Waals surface area contributed by atoms with Crippen LogP contribution in [0.15, 0.2) is 34.4 Å². The number of halogens is 3. The van der Waals surface area contributed by atoms with Gasteiger partial charge >= 0.3 is 0 Å². The van der Waals surface area contributed by atoms with Gasteiger partial charge < -0.3 is 4.98 Å². The van der Waals surface area contributed by atoms with Crippen LogP contribution in [0.25, 0.3) is 10.7 Å². The quantitative estimate of drug-likeness (QED) is 0.711. The zero-order valence-corrected chi connectivity index (χ0v) is 14.4. The van der Waals surface area contributed by atoms with Crippen LogP contribution in [-0.4, -0.2) is 21.4 Å². The Hall–Kier alpha value is -2.45. The number of hydrogen-bond acceptors (Lipinski definition) is 4. The normalized spacial score (nSPS) is 14.4. The summed E-state index contributed by atoms with van der Waals surface area (Å²) in [5.74, 6) is -2.56. The van der Waals surface area contributed by atoms with Crippen molar-refractivity contribution in [2.24, 2.45) is 0 Å². The zero-order chi connectivity index (χ0) is 18.3. The number of nitrogens with zero attached hydrogens (tertiary/aromatic N) is 2. The Morgan fingerprint density at radius 2 is 2.00 bits per heavy atom. The van der Waals surface area contributed by atoms with Gasteiger partial charge in [-0.2, -0.15) is 0 Å². The van der Waals surface area contributed by atoms with Crippen LogP contribution in [0.1, 0.15) is 16.8 Å². The van der Waals surface area contributed by atoms with Crippen molar-refractivity contribution in [2.45, 2.75) is 19.5 Å². The van der Waals surface area contributed by atoms with Gasteiger partial charge in [0.25, 0.3) is 5.56 Å². The monoisotopic (exact) mass is 377 g/mol. The third-order valence-corrected chi connectivity index (χ3v) is 5.27. The average Bonchev–Trinajstić information content (AvgIpc) is 3.14. The molecule has 26 heavy (non-hydrogen) atoms. The molecule has 1 N–H and O–H groups in total. The van der Waals surface area contributed by atoms with Gasteiger partial charge in [-0.3, -0.25) is 9.69 Å². The number of nitrogens with one attached hydrogen (secondary N) is 1. The summed E-state index contributed by atoms with van der Waals surface area (Å²) in [6.45, 7) is 0.968. The van der Waals surface area contributed by atoms with E-state index in [1.165, 1.54) is 11.3 Å². The van der Waals surface area contributed by atoms with E-state index in [-0.39, 0.29) is 17.7 Å². The van der Waals surface area contributed by atoms with E-state index in [2.05, 4.69) is 9.97 Å². The van der Waals surface area contributed by atoms with Crippen molar-refractivity contribution in [3.63, 3.8) is 0 Å². The maximum absolute atomic E-state index is 13.9. The molecule has 0 bridgehead atoms. The number of thiophene rings is 1. The smallest absolute Gasteiger partial charge is 0.254 e. The third kappa shape index (κ3) is 3.17. The first kappa shape index (κ1) is 17.0. The van der Waals surface area contributed by atoms with Gasteiger partial charge in [-0.1, -0.05) is 6.07 Å². The minimum atomic E-state index is -1.20. The van der Waals surface area contributed by atoms with Crippen molar-refractivity contribution in [1.82, 2.24) is 14.9 Å². The Morgan fingerprint density at radius 1 is 1.19 bits per heavy atom. The Morgan fingerprint density at radius 3 is 2.77 bits per heavy atom. The van der Waals surface area contributed by atoms with Crippen molar-refractivity contribution in [3.05, 3.63) is 74.3 Å². The van der Waals surface area contributed by atoms with Gasteiger partial charge in [-0.15, -0.1) is 11.3 Å². The van der Waals surface area contributed by atoms with Crippen LogP contribution in [0.3, 0.4) is 0 Å². The second-order valence-corrected chi connectivity index (χ2v) is 7.08. The van der Waals surface area contributed by atoms with Crippen molar-refractivity contribution < 1.29 is 13.2 Å². The van der Waals surface area contributed by atoms with E-state index in [0.717, 1.165) is 10.9 Å². The van der Waals surface area contributed by atoms with E-state index in [4.69, 9.17) is 0 Å². The topological polar surface area (TPSA) is 49.0 Å². The molecular weight excluding hydrogens is 363 g/mol. The lowest BCUT2D eigenvalue weighted by atomic mass is 10.1. The molecule has 1 aliphatic heterocycles. The number of fused-ring (bicyclic) bond motifs is 1. The molecule has 0 atom stereocenters. The molecule has 134 valence electrons. The van der Waals surface area contributed by atoms with E-state index < -0.39 is 17.5 Å². The summed E-state index contributed by atoms with van der Waals surface area (Å²) >= 11 is 1.47. The number of aromatic amines is 1. The molecule has 1 aromatic carbocycles. The van der Waals surface area contributed by atoms with E-state index in [1.807, 2.05) is 22.4 Å². The third-order valence-electron chi connectivity index (χ3n) is 4.39. The van der Waals surface area contributed by atoms with Crippen molar-refractivity contribution >= 4 is 11.3 Å². The number of H-pyrrole nitrogens is 1. The van der Waals surface area contributed by atoms with Crippen LogP contribution in [0.5, 0.6) is 0 Å². The van der Waals surface area contributed by atoms with Crippen LogP contribution in [0.2, 0.25) is 0 Å². The first-order valence-corrected chi connectivity index (χ1v) is 8.91. The molecule has 0 spiro atoms. The van der Waals surface area contributed by atoms with Gasteiger partial charge in [0.1, 0.15) is 5.82 Å². The molecule has 4 nitrogen and oxygen atoms in total. The van der Waals surface area contributed by atoms with E-state index in [1.54, 1.807) is 0 Å². The summed E-state index contributed by atoms with van der Waals surface area (Å²) in [4.78, 5) is 22.4. The number of aromatic nitrogens is 2. The highest BCUT2D eigenvalue weighted by Gasteiger charge is 2.23. The fraction of sp³-hybridized carbons (Fsp3) is 0.222. The van der Waals surface area contributed by atoms with Crippen molar-refractivity contribution in [2.75, 3.05) is 6.54 Å². The first-order chi connectivity index (χ1) is 12.5. The molecule has 8 heteroatoms. The largest absolute Gasteiger partial charge is 0.306 e. The predicted molar refractivity (Wildman–Crippen MR) is 92.3 cm³/mol. The van der Waals surface area contributed by atoms with E-state index in [9.17, 15) is 18.0 Å². The highest BCUT2D eigenvalue weighted by Crippen LogP contribution is 2.24. The van der Waals surface area contributed by atoms with Crippen LogP contribution < -0.4 is 5.56 Å². The molecule has 0 aliphatic carbocycles. The van der Waals surface area contributed by atoms with Gasteiger partial charge in [-0.25, -0.2) is 18.2 Å². The molecule has 2 aromatic heterocycles. The van der Waals surface area contributed by atoms with Crippen LogP contribution in [0, 0.1) is 17.5 Å². The predicted octanol–water partition coefficient (Wildman–Crippen LogP) is 3.47.